The third-order valence-corrected chi connectivity index (χ3v) is 4.54. The first-order valence-electron chi connectivity index (χ1n) is 8.44. The minimum Gasteiger partial charge on any atom is -0.461 e. The van der Waals surface area contributed by atoms with Crippen molar-refractivity contribution in [2.75, 3.05) is 27.2 Å². The summed E-state index contributed by atoms with van der Waals surface area (Å²) < 4.78 is 10.4. The number of furan rings is 1. The van der Waals surface area contributed by atoms with E-state index in [9.17, 15) is 4.79 Å². The van der Waals surface area contributed by atoms with Gasteiger partial charge in [0.05, 0.1) is 6.26 Å². The van der Waals surface area contributed by atoms with Gasteiger partial charge in [0, 0.05) is 32.0 Å². The van der Waals surface area contributed by atoms with Crippen molar-refractivity contribution >= 4 is 5.91 Å². The molecule has 1 atom stereocenters. The Kier molecular flexibility index (Phi) is 5.30. The normalized spacial score (nSPS) is 18.8. The lowest BCUT2D eigenvalue weighted by atomic mass is 10.1. The highest BCUT2D eigenvalue weighted by molar-refractivity contribution is 5.76. The summed E-state index contributed by atoms with van der Waals surface area (Å²) in [6.07, 6.45) is 5.65. The molecule has 1 amide bonds. The summed E-state index contributed by atoms with van der Waals surface area (Å²) in [6, 6.07) is 4.11. The number of rotatable bonds is 5. The number of carbonyl (C=O) groups is 1. The van der Waals surface area contributed by atoms with Gasteiger partial charge in [-0.05, 0) is 45.5 Å². The Labute approximate surface area is 141 Å². The SMILES string of the molecule is CN(C)[C@@H]1CCCN(C(=O)CCc2nc(-c3ccco3)no2)CC1. The molecule has 1 saturated heterocycles. The Morgan fingerprint density at radius 3 is 3.00 bits per heavy atom. The molecule has 3 heterocycles. The molecule has 0 radical (unpaired) electrons. The highest BCUT2D eigenvalue weighted by atomic mass is 16.5. The van der Waals surface area contributed by atoms with Gasteiger partial charge in [-0.2, -0.15) is 4.98 Å². The van der Waals surface area contributed by atoms with Crippen molar-refractivity contribution in [3.8, 4) is 11.6 Å². The first-order valence-corrected chi connectivity index (χ1v) is 8.44. The first kappa shape index (κ1) is 16.7. The van der Waals surface area contributed by atoms with Crippen molar-refractivity contribution in [3.63, 3.8) is 0 Å². The minimum absolute atomic E-state index is 0.159. The maximum absolute atomic E-state index is 12.4. The number of hydrogen-bond acceptors (Lipinski definition) is 6. The van der Waals surface area contributed by atoms with Gasteiger partial charge in [0.25, 0.3) is 0 Å². The molecule has 1 fully saturated rings. The number of amides is 1. The molecule has 1 aliphatic rings. The van der Waals surface area contributed by atoms with Crippen molar-refractivity contribution in [2.45, 2.75) is 38.1 Å². The van der Waals surface area contributed by atoms with Crippen LogP contribution in [-0.2, 0) is 11.2 Å². The molecule has 0 aromatic carbocycles. The Morgan fingerprint density at radius 2 is 2.25 bits per heavy atom. The lowest BCUT2D eigenvalue weighted by Gasteiger charge is -2.23. The summed E-state index contributed by atoms with van der Waals surface area (Å²) in [5, 5.41) is 3.88. The molecule has 2 aromatic rings. The molecule has 0 bridgehead atoms. The van der Waals surface area contributed by atoms with Crippen LogP contribution in [-0.4, -0.2) is 59.1 Å². The maximum Gasteiger partial charge on any atom is 0.238 e. The van der Waals surface area contributed by atoms with E-state index in [2.05, 4.69) is 29.1 Å². The molecule has 0 saturated carbocycles. The fourth-order valence-electron chi connectivity index (χ4n) is 3.08. The van der Waals surface area contributed by atoms with Crippen LogP contribution in [0.5, 0.6) is 0 Å². The van der Waals surface area contributed by atoms with E-state index >= 15 is 0 Å². The smallest absolute Gasteiger partial charge is 0.238 e. The van der Waals surface area contributed by atoms with Gasteiger partial charge in [0.1, 0.15) is 0 Å². The van der Waals surface area contributed by atoms with Crippen molar-refractivity contribution in [2.24, 2.45) is 0 Å². The number of likely N-dealkylation sites (tertiary alicyclic amines) is 1. The third-order valence-electron chi connectivity index (χ3n) is 4.54. The molecule has 7 nitrogen and oxygen atoms in total. The van der Waals surface area contributed by atoms with Crippen LogP contribution in [0.4, 0.5) is 0 Å². The van der Waals surface area contributed by atoms with Crippen LogP contribution in [0.2, 0.25) is 0 Å². The zero-order valence-electron chi connectivity index (χ0n) is 14.3. The molecular formula is C17H24N4O3. The summed E-state index contributed by atoms with van der Waals surface area (Å²) in [5.74, 6) is 1.62. The predicted octanol–water partition coefficient (Wildman–Crippen LogP) is 2.20. The summed E-state index contributed by atoms with van der Waals surface area (Å²) in [6.45, 7) is 1.66. The Morgan fingerprint density at radius 1 is 1.38 bits per heavy atom. The molecular weight excluding hydrogens is 308 g/mol. The molecule has 1 aliphatic heterocycles. The van der Waals surface area contributed by atoms with E-state index in [-0.39, 0.29) is 5.91 Å². The van der Waals surface area contributed by atoms with Crippen molar-refractivity contribution in [1.82, 2.24) is 19.9 Å². The molecule has 0 unspecified atom stereocenters. The van der Waals surface area contributed by atoms with E-state index in [1.807, 2.05) is 4.90 Å². The zero-order chi connectivity index (χ0) is 16.9. The topological polar surface area (TPSA) is 75.6 Å². The molecule has 0 aliphatic carbocycles. The van der Waals surface area contributed by atoms with Crippen LogP contribution < -0.4 is 0 Å². The van der Waals surface area contributed by atoms with Gasteiger partial charge < -0.3 is 18.7 Å². The lowest BCUT2D eigenvalue weighted by Crippen LogP contribution is -2.33. The Bertz CT molecular complexity index is 651. The van der Waals surface area contributed by atoms with E-state index in [1.165, 1.54) is 0 Å². The molecule has 0 spiro atoms. The van der Waals surface area contributed by atoms with Crippen LogP contribution in [0.15, 0.2) is 27.3 Å². The summed E-state index contributed by atoms with van der Waals surface area (Å²) in [7, 11) is 4.21. The number of aryl methyl sites for hydroxylation is 1. The number of aromatic nitrogens is 2. The quantitative estimate of drug-likeness (QED) is 0.835. The van der Waals surface area contributed by atoms with Crippen molar-refractivity contribution in [1.29, 1.82) is 0 Å². The Balaban J connectivity index is 1.50. The second-order valence-electron chi connectivity index (χ2n) is 6.42. The van der Waals surface area contributed by atoms with Gasteiger partial charge in [0.15, 0.2) is 5.76 Å². The van der Waals surface area contributed by atoms with E-state index in [0.29, 0.717) is 36.4 Å². The van der Waals surface area contributed by atoms with Crippen LogP contribution >= 0.6 is 0 Å². The highest BCUT2D eigenvalue weighted by Crippen LogP contribution is 2.18. The van der Waals surface area contributed by atoms with Crippen molar-refractivity contribution in [3.05, 3.63) is 24.3 Å². The van der Waals surface area contributed by atoms with Gasteiger partial charge in [0.2, 0.25) is 17.6 Å². The monoisotopic (exact) mass is 332 g/mol. The van der Waals surface area contributed by atoms with E-state index in [1.54, 1.807) is 18.4 Å². The second kappa shape index (κ2) is 7.61. The van der Waals surface area contributed by atoms with Gasteiger partial charge in [-0.1, -0.05) is 5.16 Å². The maximum atomic E-state index is 12.4. The summed E-state index contributed by atoms with van der Waals surface area (Å²) in [4.78, 5) is 20.9. The third kappa shape index (κ3) is 4.03. The standard InChI is InChI=1S/C17H24N4O3/c1-20(2)13-5-3-10-21(11-9-13)16(22)8-7-15-18-17(19-24-15)14-6-4-12-23-14/h4,6,12-13H,3,5,7-11H2,1-2H3/t13-/m1/s1. The fraction of sp³-hybridized carbons (Fsp3) is 0.588. The predicted molar refractivity (Wildman–Crippen MR) is 88.2 cm³/mol. The molecule has 24 heavy (non-hydrogen) atoms. The van der Waals surface area contributed by atoms with Crippen LogP contribution in [0.3, 0.4) is 0 Å². The van der Waals surface area contributed by atoms with Crippen LogP contribution in [0.25, 0.3) is 11.6 Å². The van der Waals surface area contributed by atoms with Crippen molar-refractivity contribution < 1.29 is 13.7 Å². The minimum atomic E-state index is 0.159. The van der Waals surface area contributed by atoms with E-state index < -0.39 is 0 Å². The highest BCUT2D eigenvalue weighted by Gasteiger charge is 2.22. The number of nitrogens with zero attached hydrogens (tertiary/aromatic N) is 4. The Hall–Kier alpha value is -2.15. The van der Waals surface area contributed by atoms with Crippen LogP contribution in [0.1, 0.15) is 31.6 Å². The molecule has 130 valence electrons. The summed E-state index contributed by atoms with van der Waals surface area (Å²) in [5.41, 5.74) is 0. The zero-order valence-corrected chi connectivity index (χ0v) is 14.3. The largest absolute Gasteiger partial charge is 0.461 e. The molecule has 7 heteroatoms. The molecule has 3 rings (SSSR count). The average Bonchev–Trinajstić information content (AvgIpc) is 3.19. The average molecular weight is 332 g/mol. The van der Waals surface area contributed by atoms with Gasteiger partial charge in [-0.25, -0.2) is 0 Å². The van der Waals surface area contributed by atoms with Gasteiger partial charge in [-0.3, -0.25) is 4.79 Å². The lowest BCUT2D eigenvalue weighted by molar-refractivity contribution is -0.131. The first-order chi connectivity index (χ1) is 11.6. The summed E-state index contributed by atoms with van der Waals surface area (Å²) >= 11 is 0. The van der Waals surface area contributed by atoms with E-state index in [4.69, 9.17) is 8.94 Å². The number of hydrogen-bond donors (Lipinski definition) is 0. The molecule has 2 aromatic heterocycles. The number of carbonyl (C=O) groups excluding carboxylic acids is 1. The second-order valence-corrected chi connectivity index (χ2v) is 6.42. The molecule has 0 N–H and O–H groups in total. The van der Waals surface area contributed by atoms with Crippen LogP contribution in [0, 0.1) is 0 Å². The van der Waals surface area contributed by atoms with Gasteiger partial charge >= 0.3 is 0 Å². The van der Waals surface area contributed by atoms with Gasteiger partial charge in [-0.15, -0.1) is 0 Å². The van der Waals surface area contributed by atoms with E-state index in [0.717, 1.165) is 32.4 Å². The fourth-order valence-corrected chi connectivity index (χ4v) is 3.08.